The van der Waals surface area contributed by atoms with Crippen LogP contribution in [0.15, 0.2) is 47.7 Å². The predicted octanol–water partition coefficient (Wildman–Crippen LogP) is 4.55. The highest BCUT2D eigenvalue weighted by Crippen LogP contribution is 2.11. The van der Waals surface area contributed by atoms with Crippen LogP contribution in [0.1, 0.15) is 40.0 Å². The van der Waals surface area contributed by atoms with E-state index in [0.29, 0.717) is 18.7 Å². The van der Waals surface area contributed by atoms with Gasteiger partial charge in [0.25, 0.3) is 0 Å². The average molecular weight is 280 g/mol. The number of halogens is 1. The van der Waals surface area contributed by atoms with Gasteiger partial charge in [-0.15, -0.1) is 0 Å². The van der Waals surface area contributed by atoms with Gasteiger partial charge >= 0.3 is 0 Å². The minimum absolute atomic E-state index is 0.386. The Bertz CT molecular complexity index is 354. The summed E-state index contributed by atoms with van der Waals surface area (Å²) < 4.78 is 14.1. The molecule has 0 fully saturated rings. The molecule has 114 valence electrons. The van der Waals surface area contributed by atoms with Gasteiger partial charge in [0.05, 0.1) is 12.2 Å². The zero-order chi connectivity index (χ0) is 15.2. The van der Waals surface area contributed by atoms with Gasteiger partial charge in [-0.05, 0) is 59.7 Å². The van der Waals surface area contributed by atoms with Crippen LogP contribution in [0.4, 0.5) is 4.48 Å². The second-order valence-electron chi connectivity index (χ2n) is 4.70. The second kappa shape index (κ2) is 12.7. The Morgan fingerprint density at radius 3 is 2.40 bits per heavy atom. The van der Waals surface area contributed by atoms with Crippen molar-refractivity contribution >= 4 is 0 Å². The SMILES string of the molecule is C/C=C\C(C)=C/CCN(F)C(/C=C\C)=C/CCCNC. The van der Waals surface area contributed by atoms with Crippen LogP contribution in [0, 0.1) is 0 Å². The molecule has 0 aromatic carbocycles. The summed E-state index contributed by atoms with van der Waals surface area (Å²) in [5.41, 5.74) is 1.83. The Morgan fingerprint density at radius 1 is 1.10 bits per heavy atom. The third-order valence-corrected chi connectivity index (χ3v) is 2.82. The van der Waals surface area contributed by atoms with Crippen molar-refractivity contribution in [1.29, 1.82) is 0 Å². The molecule has 0 atom stereocenters. The van der Waals surface area contributed by atoms with Crippen LogP contribution in [-0.4, -0.2) is 25.3 Å². The van der Waals surface area contributed by atoms with E-state index in [-0.39, 0.29) is 0 Å². The summed E-state index contributed by atoms with van der Waals surface area (Å²) in [5.74, 6) is 0. The average Bonchev–Trinajstić information content (AvgIpc) is 2.42. The molecule has 0 aliphatic heterocycles. The van der Waals surface area contributed by atoms with Gasteiger partial charge in [0.2, 0.25) is 0 Å². The molecule has 0 heterocycles. The number of nitrogens with one attached hydrogen (secondary N) is 1. The maximum atomic E-state index is 14.1. The third kappa shape index (κ3) is 9.56. The Morgan fingerprint density at radius 2 is 1.80 bits per heavy atom. The monoisotopic (exact) mass is 280 g/mol. The highest BCUT2D eigenvalue weighted by molar-refractivity contribution is 5.17. The normalized spacial score (nSPS) is 13.7. The smallest absolute Gasteiger partial charge is 0.0644 e. The molecule has 3 heteroatoms. The van der Waals surface area contributed by atoms with E-state index in [9.17, 15) is 4.48 Å². The lowest BCUT2D eigenvalue weighted by atomic mass is 10.2. The summed E-state index contributed by atoms with van der Waals surface area (Å²) in [6.07, 6.45) is 14.3. The molecule has 0 aliphatic rings. The fraction of sp³-hybridized carbons (Fsp3) is 0.529. The fourth-order valence-corrected chi connectivity index (χ4v) is 1.81. The Hall–Kier alpha value is -1.35. The van der Waals surface area contributed by atoms with Crippen LogP contribution in [0.5, 0.6) is 0 Å². The summed E-state index contributed by atoms with van der Waals surface area (Å²) in [7, 11) is 1.93. The van der Waals surface area contributed by atoms with E-state index < -0.39 is 0 Å². The van der Waals surface area contributed by atoms with E-state index in [0.717, 1.165) is 24.5 Å². The Balaban J connectivity index is 4.35. The number of unbranched alkanes of at least 4 members (excludes halogenated alkanes) is 1. The third-order valence-electron chi connectivity index (χ3n) is 2.82. The molecule has 0 radical (unpaired) electrons. The largest absolute Gasteiger partial charge is 0.320 e. The summed E-state index contributed by atoms with van der Waals surface area (Å²) >= 11 is 0. The van der Waals surface area contributed by atoms with Gasteiger partial charge in [-0.2, -0.15) is 0 Å². The summed E-state index contributed by atoms with van der Waals surface area (Å²) in [4.78, 5) is 0. The number of allylic oxidation sites excluding steroid dienone is 6. The first-order valence-electron chi connectivity index (χ1n) is 7.35. The van der Waals surface area contributed by atoms with Crippen LogP contribution >= 0.6 is 0 Å². The molecule has 20 heavy (non-hydrogen) atoms. The summed E-state index contributed by atoms with van der Waals surface area (Å²) in [6, 6.07) is 0. The van der Waals surface area contributed by atoms with Gasteiger partial charge in [-0.25, -0.2) is 5.12 Å². The molecule has 0 unspecified atom stereocenters. The Kier molecular flexibility index (Phi) is 11.8. The lowest BCUT2D eigenvalue weighted by Gasteiger charge is -2.14. The van der Waals surface area contributed by atoms with Crippen molar-refractivity contribution in [1.82, 2.24) is 10.4 Å². The first-order valence-corrected chi connectivity index (χ1v) is 7.35. The molecule has 0 spiro atoms. The minimum atomic E-state index is 0.386. The number of hydrogen-bond acceptors (Lipinski definition) is 2. The van der Waals surface area contributed by atoms with E-state index in [1.807, 2.05) is 58.2 Å². The highest BCUT2D eigenvalue weighted by atomic mass is 19.2. The molecule has 0 amide bonds. The summed E-state index contributed by atoms with van der Waals surface area (Å²) in [5, 5.41) is 3.92. The number of rotatable bonds is 10. The van der Waals surface area contributed by atoms with E-state index in [4.69, 9.17) is 0 Å². The standard InChI is InChI=1S/C17H29FN2/c1-5-10-16(3)12-9-15-20(18)17(11-6-2)13-7-8-14-19-4/h5-6,10-13,19H,7-9,14-15H2,1-4H3/b10-5-,11-6-,16-12-,17-13+. The molecule has 0 saturated carbocycles. The van der Waals surface area contributed by atoms with Crippen LogP contribution in [0.2, 0.25) is 0 Å². The number of hydrogen-bond donors (Lipinski definition) is 1. The van der Waals surface area contributed by atoms with Gasteiger partial charge in [0.1, 0.15) is 0 Å². The van der Waals surface area contributed by atoms with Crippen LogP contribution < -0.4 is 5.32 Å². The molecule has 0 bridgehead atoms. The molecular formula is C17H29FN2. The van der Waals surface area contributed by atoms with E-state index >= 15 is 0 Å². The zero-order valence-electron chi connectivity index (χ0n) is 13.3. The van der Waals surface area contributed by atoms with Crippen molar-refractivity contribution in [2.75, 3.05) is 20.1 Å². The van der Waals surface area contributed by atoms with Crippen molar-refractivity contribution in [3.8, 4) is 0 Å². The van der Waals surface area contributed by atoms with Crippen LogP contribution in [0.3, 0.4) is 0 Å². The van der Waals surface area contributed by atoms with Crippen molar-refractivity contribution in [2.45, 2.75) is 40.0 Å². The maximum absolute atomic E-state index is 14.1. The molecule has 0 aromatic heterocycles. The molecule has 2 nitrogen and oxygen atoms in total. The van der Waals surface area contributed by atoms with Gasteiger partial charge in [0.15, 0.2) is 0 Å². The molecule has 1 N–H and O–H groups in total. The molecule has 0 rings (SSSR count). The maximum Gasteiger partial charge on any atom is 0.0644 e. The number of nitrogens with zero attached hydrogens (tertiary/aromatic N) is 1. The van der Waals surface area contributed by atoms with Gasteiger partial charge in [-0.1, -0.05) is 40.4 Å². The van der Waals surface area contributed by atoms with Gasteiger partial charge in [-0.3, -0.25) is 0 Å². The van der Waals surface area contributed by atoms with Crippen molar-refractivity contribution in [2.24, 2.45) is 0 Å². The van der Waals surface area contributed by atoms with Crippen molar-refractivity contribution in [3.05, 3.63) is 47.7 Å². The molecule has 0 aromatic rings. The van der Waals surface area contributed by atoms with Crippen molar-refractivity contribution < 1.29 is 4.48 Å². The highest BCUT2D eigenvalue weighted by Gasteiger charge is 2.04. The van der Waals surface area contributed by atoms with Gasteiger partial charge in [0, 0.05) is 0 Å². The molecular weight excluding hydrogens is 251 g/mol. The minimum Gasteiger partial charge on any atom is -0.320 e. The van der Waals surface area contributed by atoms with Gasteiger partial charge < -0.3 is 5.32 Å². The predicted molar refractivity (Wildman–Crippen MR) is 87.1 cm³/mol. The fourth-order valence-electron chi connectivity index (χ4n) is 1.81. The van der Waals surface area contributed by atoms with E-state index in [2.05, 4.69) is 11.4 Å². The van der Waals surface area contributed by atoms with Crippen LogP contribution in [-0.2, 0) is 0 Å². The van der Waals surface area contributed by atoms with Crippen molar-refractivity contribution in [3.63, 3.8) is 0 Å². The lowest BCUT2D eigenvalue weighted by Crippen LogP contribution is -2.13. The lowest BCUT2D eigenvalue weighted by molar-refractivity contribution is 0.0779. The quantitative estimate of drug-likeness (QED) is 0.359. The van der Waals surface area contributed by atoms with Crippen LogP contribution in [0.25, 0.3) is 0 Å². The van der Waals surface area contributed by atoms with E-state index in [1.165, 1.54) is 5.57 Å². The molecule has 0 aliphatic carbocycles. The van der Waals surface area contributed by atoms with E-state index in [1.54, 1.807) is 0 Å². The topological polar surface area (TPSA) is 15.3 Å². The zero-order valence-corrected chi connectivity index (χ0v) is 13.3. The second-order valence-corrected chi connectivity index (χ2v) is 4.70. The first kappa shape index (κ1) is 18.7. The first-order chi connectivity index (χ1) is 9.65. The Labute approximate surface area is 123 Å². The summed E-state index contributed by atoms with van der Waals surface area (Å²) in [6.45, 7) is 7.26. The molecule has 0 saturated heterocycles.